The minimum Gasteiger partial charge on any atom is -0.466 e. The van der Waals surface area contributed by atoms with Gasteiger partial charge in [-0.2, -0.15) is 0 Å². The Balaban J connectivity index is 1.76. The molecule has 0 aliphatic carbocycles. The Kier molecular flexibility index (Phi) is 6.57. The summed E-state index contributed by atoms with van der Waals surface area (Å²) in [6.45, 7) is 9.60. The lowest BCUT2D eigenvalue weighted by Crippen LogP contribution is -2.58. The maximum absolute atomic E-state index is 14.2. The van der Waals surface area contributed by atoms with Crippen LogP contribution >= 0.6 is 0 Å². The SMILES string of the molecule is C=CCN(Cc1ccccc1)C(=O)C1N([C@H](C)CO)C(=O)[C@@H]2[C@H](C(=O)OCC)[C@]3(C)CCC12O3. The molecule has 2 bridgehead atoms. The molecule has 8 heteroatoms. The fraction of sp³-hybridized carbons (Fsp3) is 0.577. The summed E-state index contributed by atoms with van der Waals surface area (Å²) in [6, 6.07) is 8.05. The van der Waals surface area contributed by atoms with Crippen LogP contribution in [-0.2, 0) is 30.4 Å². The van der Waals surface area contributed by atoms with Crippen LogP contribution in [0.1, 0.15) is 39.2 Å². The monoisotopic (exact) mass is 470 g/mol. The first kappa shape index (κ1) is 24.4. The molecule has 8 nitrogen and oxygen atoms in total. The van der Waals surface area contributed by atoms with Gasteiger partial charge in [0.15, 0.2) is 0 Å². The van der Waals surface area contributed by atoms with Gasteiger partial charge in [-0.3, -0.25) is 14.4 Å². The molecule has 6 atom stereocenters. The second kappa shape index (κ2) is 9.15. The molecule has 3 aliphatic rings. The standard InChI is InChI=1S/C26H34N2O6/c1-5-14-27(15-18-10-8-7-9-11-18)23(31)21-26-13-12-25(4,34-26)20(24(32)33-6-2)19(26)22(30)28(21)17(3)16-29/h5,7-11,17,19-21,29H,1,6,12-16H2,2-4H3/t17-,19+,20-,21?,25+,26?/m1/s1. The summed E-state index contributed by atoms with van der Waals surface area (Å²) in [5, 5.41) is 9.96. The van der Waals surface area contributed by atoms with Crippen molar-refractivity contribution in [2.45, 2.75) is 63.4 Å². The van der Waals surface area contributed by atoms with Gasteiger partial charge in [-0.15, -0.1) is 6.58 Å². The first-order valence-corrected chi connectivity index (χ1v) is 12.0. The number of fused-ring (bicyclic) bond motifs is 1. The Morgan fingerprint density at radius 1 is 1.35 bits per heavy atom. The van der Waals surface area contributed by atoms with Crippen molar-refractivity contribution in [2.24, 2.45) is 11.8 Å². The van der Waals surface area contributed by atoms with E-state index in [4.69, 9.17) is 9.47 Å². The fourth-order valence-electron chi connectivity index (χ4n) is 6.16. The van der Waals surface area contributed by atoms with Gasteiger partial charge in [-0.1, -0.05) is 36.4 Å². The molecule has 4 rings (SSSR count). The van der Waals surface area contributed by atoms with Crippen molar-refractivity contribution >= 4 is 17.8 Å². The molecule has 3 heterocycles. The summed E-state index contributed by atoms with van der Waals surface area (Å²) in [4.78, 5) is 44.1. The van der Waals surface area contributed by atoms with E-state index < -0.39 is 41.1 Å². The smallest absolute Gasteiger partial charge is 0.312 e. The van der Waals surface area contributed by atoms with E-state index in [0.717, 1.165) is 5.56 Å². The van der Waals surface area contributed by atoms with Crippen LogP contribution in [0.3, 0.4) is 0 Å². The predicted molar refractivity (Wildman–Crippen MR) is 124 cm³/mol. The van der Waals surface area contributed by atoms with Crippen molar-refractivity contribution < 1.29 is 29.0 Å². The lowest BCUT2D eigenvalue weighted by Gasteiger charge is -2.38. The third kappa shape index (κ3) is 3.64. The second-order valence-corrected chi connectivity index (χ2v) is 9.75. The maximum atomic E-state index is 14.2. The first-order valence-electron chi connectivity index (χ1n) is 12.0. The molecular formula is C26H34N2O6. The number of amides is 2. The van der Waals surface area contributed by atoms with Crippen molar-refractivity contribution in [3.8, 4) is 0 Å². The normalized spacial score (nSPS) is 32.4. The van der Waals surface area contributed by atoms with Gasteiger partial charge < -0.3 is 24.4 Å². The van der Waals surface area contributed by atoms with Crippen LogP contribution in [0.15, 0.2) is 43.0 Å². The number of likely N-dealkylation sites (tertiary alicyclic amines) is 1. The fourth-order valence-corrected chi connectivity index (χ4v) is 6.16. The highest BCUT2D eigenvalue weighted by atomic mass is 16.6. The second-order valence-electron chi connectivity index (χ2n) is 9.75. The zero-order valence-corrected chi connectivity index (χ0v) is 20.1. The Bertz CT molecular complexity index is 967. The summed E-state index contributed by atoms with van der Waals surface area (Å²) >= 11 is 0. The number of carbonyl (C=O) groups excluding carboxylic acids is 3. The summed E-state index contributed by atoms with van der Waals surface area (Å²) in [6.07, 6.45) is 2.68. The van der Waals surface area contributed by atoms with E-state index in [1.54, 1.807) is 24.8 Å². The van der Waals surface area contributed by atoms with Crippen molar-refractivity contribution in [3.05, 3.63) is 48.6 Å². The minimum absolute atomic E-state index is 0.197. The molecule has 34 heavy (non-hydrogen) atoms. The Morgan fingerprint density at radius 2 is 2.06 bits per heavy atom. The number of benzene rings is 1. The van der Waals surface area contributed by atoms with Crippen LogP contribution in [0.2, 0.25) is 0 Å². The number of aliphatic hydroxyl groups excluding tert-OH is 1. The Morgan fingerprint density at radius 3 is 2.68 bits per heavy atom. The molecule has 3 aliphatic heterocycles. The molecule has 0 saturated carbocycles. The van der Waals surface area contributed by atoms with Gasteiger partial charge in [0.25, 0.3) is 0 Å². The number of carbonyl (C=O) groups is 3. The molecule has 2 amide bonds. The highest BCUT2D eigenvalue weighted by Crippen LogP contribution is 2.63. The zero-order valence-electron chi connectivity index (χ0n) is 20.1. The maximum Gasteiger partial charge on any atom is 0.312 e. The molecule has 2 unspecified atom stereocenters. The minimum atomic E-state index is -1.14. The van der Waals surface area contributed by atoms with E-state index in [0.29, 0.717) is 25.9 Å². The number of hydrogen-bond acceptors (Lipinski definition) is 6. The summed E-state index contributed by atoms with van der Waals surface area (Å²) in [5.74, 6) is -2.69. The molecule has 1 spiro atoms. The quantitative estimate of drug-likeness (QED) is 0.438. The van der Waals surface area contributed by atoms with Crippen LogP contribution < -0.4 is 0 Å². The number of aliphatic hydroxyl groups is 1. The van der Waals surface area contributed by atoms with Gasteiger partial charge in [-0.05, 0) is 39.2 Å². The number of rotatable bonds is 9. The van der Waals surface area contributed by atoms with Gasteiger partial charge in [0.2, 0.25) is 11.8 Å². The molecule has 0 radical (unpaired) electrons. The molecule has 184 valence electrons. The first-order chi connectivity index (χ1) is 16.2. The third-order valence-electron chi connectivity index (χ3n) is 7.61. The van der Waals surface area contributed by atoms with E-state index in [1.165, 1.54) is 4.90 Å². The summed E-state index contributed by atoms with van der Waals surface area (Å²) in [5.41, 5.74) is -1.06. The molecule has 1 aromatic carbocycles. The molecule has 3 saturated heterocycles. The van der Waals surface area contributed by atoms with Crippen LogP contribution in [0.4, 0.5) is 0 Å². The summed E-state index contributed by atoms with van der Waals surface area (Å²) < 4.78 is 11.9. The van der Waals surface area contributed by atoms with E-state index in [9.17, 15) is 19.5 Å². The van der Waals surface area contributed by atoms with E-state index in [-0.39, 0.29) is 25.0 Å². The lowest BCUT2D eigenvalue weighted by molar-refractivity contribution is -0.161. The average Bonchev–Trinajstić information content (AvgIpc) is 3.39. The van der Waals surface area contributed by atoms with Gasteiger partial charge in [0.1, 0.15) is 17.6 Å². The van der Waals surface area contributed by atoms with Crippen molar-refractivity contribution in [1.29, 1.82) is 0 Å². The predicted octanol–water partition coefficient (Wildman–Crippen LogP) is 1.91. The number of nitrogens with zero attached hydrogens (tertiary/aromatic N) is 2. The molecule has 0 aromatic heterocycles. The van der Waals surface area contributed by atoms with Crippen LogP contribution in [0.5, 0.6) is 0 Å². The molecule has 1 aromatic rings. The largest absolute Gasteiger partial charge is 0.466 e. The van der Waals surface area contributed by atoms with E-state index in [1.807, 2.05) is 37.3 Å². The van der Waals surface area contributed by atoms with Crippen LogP contribution in [-0.4, -0.2) is 75.7 Å². The van der Waals surface area contributed by atoms with Gasteiger partial charge in [0.05, 0.1) is 30.8 Å². The van der Waals surface area contributed by atoms with E-state index in [2.05, 4.69) is 6.58 Å². The third-order valence-corrected chi connectivity index (χ3v) is 7.61. The molecule has 1 N–H and O–H groups in total. The topological polar surface area (TPSA) is 96.4 Å². The van der Waals surface area contributed by atoms with Crippen LogP contribution in [0.25, 0.3) is 0 Å². The molecule has 3 fully saturated rings. The van der Waals surface area contributed by atoms with Crippen molar-refractivity contribution in [1.82, 2.24) is 9.80 Å². The van der Waals surface area contributed by atoms with E-state index >= 15 is 0 Å². The van der Waals surface area contributed by atoms with Crippen molar-refractivity contribution in [2.75, 3.05) is 19.8 Å². The summed E-state index contributed by atoms with van der Waals surface area (Å²) in [7, 11) is 0. The van der Waals surface area contributed by atoms with Crippen LogP contribution in [0, 0.1) is 11.8 Å². The number of hydrogen-bond donors (Lipinski definition) is 1. The highest BCUT2D eigenvalue weighted by molar-refractivity contribution is 5.98. The average molecular weight is 471 g/mol. The molecular weight excluding hydrogens is 436 g/mol. The van der Waals surface area contributed by atoms with Gasteiger partial charge >= 0.3 is 5.97 Å². The Hall–Kier alpha value is -2.71. The highest BCUT2D eigenvalue weighted by Gasteiger charge is 2.78. The number of esters is 1. The zero-order chi connectivity index (χ0) is 24.7. The lowest BCUT2D eigenvalue weighted by atomic mass is 9.66. The van der Waals surface area contributed by atoms with Crippen molar-refractivity contribution in [3.63, 3.8) is 0 Å². The number of ether oxygens (including phenoxy) is 2. The van der Waals surface area contributed by atoms with Gasteiger partial charge in [-0.25, -0.2) is 0 Å². The Labute approximate surface area is 200 Å². The van der Waals surface area contributed by atoms with Gasteiger partial charge in [0, 0.05) is 13.1 Å².